The van der Waals surface area contributed by atoms with Crippen molar-refractivity contribution < 1.29 is 19.1 Å². The van der Waals surface area contributed by atoms with Crippen LogP contribution in [0.15, 0.2) is 30.3 Å². The summed E-state index contributed by atoms with van der Waals surface area (Å²) < 4.78 is 10.9. The highest BCUT2D eigenvalue weighted by Gasteiger charge is 2.47. The van der Waals surface area contributed by atoms with Crippen LogP contribution in [0.4, 0.5) is 4.79 Å². The van der Waals surface area contributed by atoms with E-state index in [2.05, 4.69) is 4.98 Å². The number of rotatable bonds is 3. The number of aromatic nitrogens is 1. The predicted molar refractivity (Wildman–Crippen MR) is 99.9 cm³/mol. The Morgan fingerprint density at radius 1 is 1.30 bits per heavy atom. The molecule has 2 aliphatic heterocycles. The highest BCUT2D eigenvalue weighted by molar-refractivity contribution is 6.06. The fraction of sp³-hybridized carbons (Fsp3) is 0.450. The Labute approximate surface area is 157 Å². The molecule has 1 aromatic carbocycles. The van der Waals surface area contributed by atoms with Gasteiger partial charge in [0.05, 0.1) is 24.7 Å². The van der Waals surface area contributed by atoms with Crippen molar-refractivity contribution in [2.75, 3.05) is 33.3 Å². The van der Waals surface area contributed by atoms with Crippen LogP contribution >= 0.6 is 0 Å². The van der Waals surface area contributed by atoms with Crippen LogP contribution in [0.3, 0.4) is 0 Å². The molecule has 2 aliphatic rings. The molecule has 2 amide bonds. The first-order chi connectivity index (χ1) is 13.0. The highest BCUT2D eigenvalue weighted by atomic mass is 16.6. The Morgan fingerprint density at radius 2 is 2.04 bits per heavy atom. The number of likely N-dealkylation sites (N-methyl/N-ethyl adjacent to an activating group) is 1. The van der Waals surface area contributed by atoms with Gasteiger partial charge in [-0.1, -0.05) is 18.2 Å². The second-order valence-electron chi connectivity index (χ2n) is 7.09. The van der Waals surface area contributed by atoms with Crippen molar-refractivity contribution in [2.24, 2.45) is 0 Å². The molecule has 2 aromatic rings. The third-order valence-electron chi connectivity index (χ3n) is 5.52. The lowest BCUT2D eigenvalue weighted by Crippen LogP contribution is -2.48. The summed E-state index contributed by atoms with van der Waals surface area (Å²) in [4.78, 5) is 33.1. The Hall–Kier alpha value is -2.83. The maximum atomic E-state index is 13.2. The number of nitrogens with zero attached hydrogens (tertiary/aromatic N) is 3. The summed E-state index contributed by atoms with van der Waals surface area (Å²) in [5, 5.41) is 0.813. The van der Waals surface area contributed by atoms with E-state index in [0.717, 1.165) is 10.9 Å². The van der Waals surface area contributed by atoms with Gasteiger partial charge in [0, 0.05) is 43.9 Å². The number of likely N-dealkylation sites (tertiary alicyclic amines) is 1. The number of piperidine rings is 1. The molecule has 0 bridgehead atoms. The first-order valence-electron chi connectivity index (χ1n) is 9.26. The third-order valence-corrected chi connectivity index (χ3v) is 5.52. The van der Waals surface area contributed by atoms with Crippen LogP contribution in [0.5, 0.6) is 5.88 Å². The van der Waals surface area contributed by atoms with Gasteiger partial charge >= 0.3 is 6.09 Å². The minimum absolute atomic E-state index is 0.0431. The molecule has 1 aromatic heterocycles. The molecular weight excluding hydrogens is 346 g/mol. The minimum Gasteiger partial charge on any atom is -0.481 e. The molecule has 7 heteroatoms. The Balaban J connectivity index is 1.55. The smallest absolute Gasteiger partial charge is 0.410 e. The number of carbonyl (C=O) groups excluding carboxylic acids is 2. The lowest BCUT2D eigenvalue weighted by molar-refractivity contribution is 0.00319. The predicted octanol–water partition coefficient (Wildman–Crippen LogP) is 2.69. The van der Waals surface area contributed by atoms with E-state index in [0.29, 0.717) is 50.5 Å². The standard InChI is InChI=1S/C20H23N3O4/c1-3-22-13-20(27-19(22)25)8-10-23(11-9-20)18(24)15-12-17(26-2)21-16-7-5-4-6-14(15)16/h4-7,12H,3,8-11,13H2,1-2H3. The zero-order valence-electron chi connectivity index (χ0n) is 15.6. The molecule has 0 unspecified atom stereocenters. The van der Waals surface area contributed by atoms with Crippen LogP contribution in [0.1, 0.15) is 30.1 Å². The van der Waals surface area contributed by atoms with Gasteiger partial charge in [-0.15, -0.1) is 0 Å². The van der Waals surface area contributed by atoms with E-state index >= 15 is 0 Å². The first kappa shape index (κ1) is 17.6. The topological polar surface area (TPSA) is 72.0 Å². The van der Waals surface area contributed by atoms with E-state index in [-0.39, 0.29) is 12.0 Å². The zero-order chi connectivity index (χ0) is 19.0. The lowest BCUT2D eigenvalue weighted by Gasteiger charge is -2.37. The Bertz CT molecular complexity index is 890. The van der Waals surface area contributed by atoms with Crippen LogP contribution in [-0.2, 0) is 4.74 Å². The molecule has 0 atom stereocenters. The number of methoxy groups -OCH3 is 1. The third kappa shape index (κ3) is 3.07. The maximum absolute atomic E-state index is 13.2. The van der Waals surface area contributed by atoms with Gasteiger partial charge in [-0.3, -0.25) is 4.79 Å². The summed E-state index contributed by atoms with van der Waals surface area (Å²) in [6.45, 7) is 4.31. The average Bonchev–Trinajstić information content (AvgIpc) is 3.02. The summed E-state index contributed by atoms with van der Waals surface area (Å²) in [7, 11) is 1.55. The van der Waals surface area contributed by atoms with Gasteiger partial charge in [-0.05, 0) is 13.0 Å². The van der Waals surface area contributed by atoms with Gasteiger partial charge in [0.25, 0.3) is 5.91 Å². The van der Waals surface area contributed by atoms with Gasteiger partial charge in [0.2, 0.25) is 5.88 Å². The minimum atomic E-state index is -0.456. The van der Waals surface area contributed by atoms with E-state index in [9.17, 15) is 9.59 Å². The number of benzene rings is 1. The van der Waals surface area contributed by atoms with E-state index in [4.69, 9.17) is 9.47 Å². The Morgan fingerprint density at radius 3 is 2.70 bits per heavy atom. The van der Waals surface area contributed by atoms with Crippen molar-refractivity contribution in [3.63, 3.8) is 0 Å². The molecule has 27 heavy (non-hydrogen) atoms. The van der Waals surface area contributed by atoms with E-state index < -0.39 is 5.60 Å². The molecule has 0 saturated carbocycles. The van der Waals surface area contributed by atoms with Gasteiger partial charge in [0.15, 0.2) is 0 Å². The summed E-state index contributed by atoms with van der Waals surface area (Å²) in [5.74, 6) is 0.382. The average molecular weight is 369 g/mol. The molecule has 1 spiro atoms. The van der Waals surface area contributed by atoms with E-state index in [1.54, 1.807) is 18.1 Å². The second kappa shape index (κ2) is 6.72. The molecule has 2 saturated heterocycles. The quantitative estimate of drug-likeness (QED) is 0.832. The Kier molecular flexibility index (Phi) is 4.37. The number of carbonyl (C=O) groups is 2. The van der Waals surface area contributed by atoms with Crippen molar-refractivity contribution in [3.05, 3.63) is 35.9 Å². The summed E-state index contributed by atoms with van der Waals surface area (Å²) in [5.41, 5.74) is 0.867. The van der Waals surface area contributed by atoms with Crippen molar-refractivity contribution in [1.29, 1.82) is 0 Å². The molecule has 7 nitrogen and oxygen atoms in total. The van der Waals surface area contributed by atoms with Crippen LogP contribution in [0.25, 0.3) is 10.9 Å². The molecule has 4 rings (SSSR count). The van der Waals surface area contributed by atoms with Crippen LogP contribution < -0.4 is 4.74 Å². The highest BCUT2D eigenvalue weighted by Crippen LogP contribution is 2.34. The lowest BCUT2D eigenvalue weighted by atomic mass is 9.91. The fourth-order valence-corrected chi connectivity index (χ4v) is 3.92. The van der Waals surface area contributed by atoms with Crippen LogP contribution in [0, 0.1) is 0 Å². The van der Waals surface area contributed by atoms with Crippen LogP contribution in [-0.4, -0.2) is 65.7 Å². The molecule has 142 valence electrons. The van der Waals surface area contributed by atoms with Crippen molar-refractivity contribution in [2.45, 2.75) is 25.4 Å². The monoisotopic (exact) mass is 369 g/mol. The first-order valence-corrected chi connectivity index (χ1v) is 9.26. The number of para-hydroxylation sites is 1. The SMILES string of the molecule is CCN1CC2(CCN(C(=O)c3cc(OC)nc4ccccc34)CC2)OC1=O. The number of hydrogen-bond acceptors (Lipinski definition) is 5. The zero-order valence-corrected chi connectivity index (χ0v) is 15.6. The van der Waals surface area contributed by atoms with Crippen molar-refractivity contribution in [1.82, 2.24) is 14.8 Å². The number of fused-ring (bicyclic) bond motifs is 1. The second-order valence-corrected chi connectivity index (χ2v) is 7.09. The number of pyridine rings is 1. The molecule has 3 heterocycles. The molecule has 2 fully saturated rings. The number of hydrogen-bond donors (Lipinski definition) is 0. The largest absolute Gasteiger partial charge is 0.481 e. The van der Waals surface area contributed by atoms with Gasteiger partial charge in [-0.2, -0.15) is 0 Å². The number of amides is 2. The molecular formula is C20H23N3O4. The van der Waals surface area contributed by atoms with Crippen molar-refractivity contribution >= 4 is 22.9 Å². The van der Waals surface area contributed by atoms with E-state index in [1.165, 1.54) is 0 Å². The molecule has 0 N–H and O–H groups in total. The molecule has 0 aliphatic carbocycles. The fourth-order valence-electron chi connectivity index (χ4n) is 3.92. The van der Waals surface area contributed by atoms with Gasteiger partial charge in [-0.25, -0.2) is 9.78 Å². The normalized spacial score (nSPS) is 18.8. The van der Waals surface area contributed by atoms with Gasteiger partial charge < -0.3 is 19.3 Å². The number of ether oxygens (including phenoxy) is 2. The summed E-state index contributed by atoms with van der Waals surface area (Å²) in [6, 6.07) is 9.26. The summed E-state index contributed by atoms with van der Waals surface area (Å²) in [6.07, 6.45) is 1.06. The van der Waals surface area contributed by atoms with Crippen molar-refractivity contribution in [3.8, 4) is 5.88 Å². The van der Waals surface area contributed by atoms with Gasteiger partial charge in [0.1, 0.15) is 5.60 Å². The maximum Gasteiger partial charge on any atom is 0.410 e. The van der Waals surface area contributed by atoms with Crippen LogP contribution in [0.2, 0.25) is 0 Å². The molecule has 0 radical (unpaired) electrons. The van der Waals surface area contributed by atoms with E-state index in [1.807, 2.05) is 36.1 Å². The summed E-state index contributed by atoms with van der Waals surface area (Å²) >= 11 is 0.